The van der Waals surface area contributed by atoms with Gasteiger partial charge in [0.1, 0.15) is 5.82 Å². The lowest BCUT2D eigenvalue weighted by Crippen LogP contribution is -2.17. The molecule has 0 spiro atoms. The average molecular weight is 391 g/mol. The third kappa shape index (κ3) is 5.57. The summed E-state index contributed by atoms with van der Waals surface area (Å²) in [6.07, 6.45) is 3.00. The highest BCUT2D eigenvalue weighted by Gasteiger charge is 2.19. The van der Waals surface area contributed by atoms with E-state index in [1.807, 2.05) is 36.5 Å². The first-order chi connectivity index (χ1) is 13.9. The number of nitrogens with zero attached hydrogens (tertiary/aromatic N) is 1. The number of benzene rings is 2. The van der Waals surface area contributed by atoms with E-state index in [0.29, 0.717) is 12.2 Å². The largest absolute Gasteiger partial charge is 0.340 e. The first kappa shape index (κ1) is 20.4. The number of carbonyl (C=O) groups excluding carboxylic acids is 3. The number of Topliss-reactive ketones (excluding diaryl/α,β-unsaturated/α-hetero) is 3. The van der Waals surface area contributed by atoms with E-state index in [4.69, 9.17) is 0 Å². The van der Waals surface area contributed by atoms with Gasteiger partial charge >= 0.3 is 0 Å². The summed E-state index contributed by atoms with van der Waals surface area (Å²) in [5.41, 5.74) is 3.38. The van der Waals surface area contributed by atoms with Crippen molar-refractivity contribution >= 4 is 17.3 Å². The molecule has 0 amide bonds. The first-order valence-corrected chi connectivity index (χ1v) is 9.47. The van der Waals surface area contributed by atoms with E-state index in [9.17, 15) is 18.8 Å². The van der Waals surface area contributed by atoms with Crippen LogP contribution in [0, 0.1) is 5.82 Å². The molecule has 0 saturated heterocycles. The molecular formula is C24H22FNO3. The Morgan fingerprint density at radius 3 is 2.17 bits per heavy atom. The van der Waals surface area contributed by atoms with E-state index < -0.39 is 23.8 Å². The summed E-state index contributed by atoms with van der Waals surface area (Å²) < 4.78 is 15.0. The summed E-state index contributed by atoms with van der Waals surface area (Å²) in [4.78, 5) is 35.6. The highest BCUT2D eigenvalue weighted by Crippen LogP contribution is 2.17. The van der Waals surface area contributed by atoms with Gasteiger partial charge in [-0.2, -0.15) is 0 Å². The molecule has 0 aliphatic rings. The Labute approximate surface area is 169 Å². The van der Waals surface area contributed by atoms with Crippen molar-refractivity contribution in [1.29, 1.82) is 0 Å². The van der Waals surface area contributed by atoms with Gasteiger partial charge < -0.3 is 4.57 Å². The van der Waals surface area contributed by atoms with E-state index in [0.717, 1.165) is 24.0 Å². The summed E-state index contributed by atoms with van der Waals surface area (Å²) in [6, 6.07) is 17.9. The monoisotopic (exact) mass is 391 g/mol. The highest BCUT2D eigenvalue weighted by atomic mass is 19.1. The van der Waals surface area contributed by atoms with Crippen LogP contribution in [-0.4, -0.2) is 21.9 Å². The molecule has 0 atom stereocenters. The molecule has 3 aromatic rings. The molecule has 29 heavy (non-hydrogen) atoms. The van der Waals surface area contributed by atoms with Gasteiger partial charge in [0.25, 0.3) is 0 Å². The number of aryl methyl sites for hydroxylation is 2. The van der Waals surface area contributed by atoms with Crippen LogP contribution in [-0.2, 0) is 29.0 Å². The van der Waals surface area contributed by atoms with Crippen LogP contribution in [0.3, 0.4) is 0 Å². The second kappa shape index (κ2) is 9.24. The third-order valence-electron chi connectivity index (χ3n) is 4.76. The molecule has 0 saturated carbocycles. The fraction of sp³-hybridized carbons (Fsp3) is 0.208. The maximum absolute atomic E-state index is 13.2. The molecule has 1 heterocycles. The SMILES string of the molecule is CC(=O)C(=O)CC(=O)c1cc(CCc2ccccc2)cn1Cc1ccc(F)cc1. The summed E-state index contributed by atoms with van der Waals surface area (Å²) >= 11 is 0. The smallest absolute Gasteiger partial charge is 0.205 e. The Bertz CT molecular complexity index is 1020. The van der Waals surface area contributed by atoms with Crippen molar-refractivity contribution in [3.05, 3.63) is 95.1 Å². The van der Waals surface area contributed by atoms with Crippen LogP contribution in [0.4, 0.5) is 4.39 Å². The van der Waals surface area contributed by atoms with Gasteiger partial charge in [-0.05, 0) is 47.7 Å². The van der Waals surface area contributed by atoms with Gasteiger partial charge in [0, 0.05) is 19.7 Å². The van der Waals surface area contributed by atoms with Crippen molar-refractivity contribution in [2.45, 2.75) is 32.7 Å². The molecule has 148 valence electrons. The molecule has 0 unspecified atom stereocenters. The lowest BCUT2D eigenvalue weighted by Gasteiger charge is -2.08. The maximum Gasteiger partial charge on any atom is 0.205 e. The molecule has 0 fully saturated rings. The molecule has 5 heteroatoms. The molecule has 0 bridgehead atoms. The van der Waals surface area contributed by atoms with Gasteiger partial charge in [-0.1, -0.05) is 42.5 Å². The number of hydrogen-bond donors (Lipinski definition) is 0. The van der Waals surface area contributed by atoms with E-state index >= 15 is 0 Å². The predicted molar refractivity (Wildman–Crippen MR) is 108 cm³/mol. The zero-order chi connectivity index (χ0) is 20.8. The molecule has 4 nitrogen and oxygen atoms in total. The minimum Gasteiger partial charge on any atom is -0.340 e. The average Bonchev–Trinajstić information content (AvgIpc) is 3.11. The van der Waals surface area contributed by atoms with Crippen molar-refractivity contribution in [3.63, 3.8) is 0 Å². The van der Waals surface area contributed by atoms with Crippen LogP contribution in [0.15, 0.2) is 66.9 Å². The van der Waals surface area contributed by atoms with Crippen LogP contribution in [0.25, 0.3) is 0 Å². The molecular weight excluding hydrogens is 369 g/mol. The number of rotatable bonds is 9. The minimum atomic E-state index is -0.699. The minimum absolute atomic E-state index is 0.326. The zero-order valence-corrected chi connectivity index (χ0v) is 16.2. The standard InChI is InChI=1S/C24H22FNO3/c1-17(27)23(28)14-24(29)22-13-20(8-7-18-5-3-2-4-6-18)16-26(22)15-19-9-11-21(25)12-10-19/h2-6,9-13,16H,7-8,14-15H2,1H3. The number of aromatic nitrogens is 1. The Hall–Kier alpha value is -3.34. The summed E-state index contributed by atoms with van der Waals surface area (Å²) in [7, 11) is 0. The molecule has 0 radical (unpaired) electrons. The van der Waals surface area contributed by atoms with E-state index in [1.165, 1.54) is 24.6 Å². The molecule has 0 aliphatic heterocycles. The summed E-state index contributed by atoms with van der Waals surface area (Å²) in [6.45, 7) is 1.54. The van der Waals surface area contributed by atoms with Crippen LogP contribution < -0.4 is 0 Å². The number of hydrogen-bond acceptors (Lipinski definition) is 3. The Balaban J connectivity index is 1.83. The molecule has 3 rings (SSSR count). The number of halogens is 1. The van der Waals surface area contributed by atoms with E-state index in [1.54, 1.807) is 22.8 Å². The van der Waals surface area contributed by atoms with Gasteiger partial charge in [-0.3, -0.25) is 14.4 Å². The Morgan fingerprint density at radius 2 is 1.52 bits per heavy atom. The van der Waals surface area contributed by atoms with Gasteiger partial charge in [0.05, 0.1) is 12.1 Å². The second-order valence-corrected chi connectivity index (χ2v) is 7.05. The molecule has 0 N–H and O–H groups in total. The lowest BCUT2D eigenvalue weighted by atomic mass is 10.1. The van der Waals surface area contributed by atoms with Crippen LogP contribution in [0.5, 0.6) is 0 Å². The van der Waals surface area contributed by atoms with Gasteiger partial charge in [0.2, 0.25) is 5.78 Å². The quantitative estimate of drug-likeness (QED) is 0.312. The maximum atomic E-state index is 13.2. The van der Waals surface area contributed by atoms with E-state index in [-0.39, 0.29) is 5.82 Å². The normalized spacial score (nSPS) is 10.7. The Morgan fingerprint density at radius 1 is 0.862 bits per heavy atom. The topological polar surface area (TPSA) is 56.1 Å². The third-order valence-corrected chi connectivity index (χ3v) is 4.76. The first-order valence-electron chi connectivity index (χ1n) is 9.47. The number of ketones is 3. The van der Waals surface area contributed by atoms with Crippen LogP contribution in [0.1, 0.15) is 40.5 Å². The van der Waals surface area contributed by atoms with Gasteiger partial charge in [0.15, 0.2) is 11.6 Å². The Kier molecular flexibility index (Phi) is 6.50. The fourth-order valence-electron chi connectivity index (χ4n) is 3.15. The summed E-state index contributed by atoms with van der Waals surface area (Å²) in [5, 5.41) is 0. The van der Waals surface area contributed by atoms with Crippen LogP contribution in [0.2, 0.25) is 0 Å². The van der Waals surface area contributed by atoms with Crippen molar-refractivity contribution < 1.29 is 18.8 Å². The van der Waals surface area contributed by atoms with Crippen molar-refractivity contribution in [2.24, 2.45) is 0 Å². The van der Waals surface area contributed by atoms with Crippen molar-refractivity contribution in [3.8, 4) is 0 Å². The van der Waals surface area contributed by atoms with Crippen molar-refractivity contribution in [1.82, 2.24) is 4.57 Å². The summed E-state index contributed by atoms with van der Waals surface area (Å²) in [5.74, 6) is -2.04. The molecule has 2 aromatic carbocycles. The zero-order valence-electron chi connectivity index (χ0n) is 16.2. The van der Waals surface area contributed by atoms with Gasteiger partial charge in [-0.15, -0.1) is 0 Å². The number of carbonyl (C=O) groups is 3. The molecule has 1 aromatic heterocycles. The molecule has 0 aliphatic carbocycles. The van der Waals surface area contributed by atoms with Crippen LogP contribution >= 0.6 is 0 Å². The van der Waals surface area contributed by atoms with E-state index in [2.05, 4.69) is 0 Å². The fourth-order valence-corrected chi connectivity index (χ4v) is 3.15. The lowest BCUT2D eigenvalue weighted by molar-refractivity contribution is -0.134. The highest BCUT2D eigenvalue weighted by molar-refractivity contribution is 6.40. The second-order valence-electron chi connectivity index (χ2n) is 7.05. The van der Waals surface area contributed by atoms with Crippen molar-refractivity contribution in [2.75, 3.05) is 0 Å². The van der Waals surface area contributed by atoms with Gasteiger partial charge in [-0.25, -0.2) is 4.39 Å². The predicted octanol–water partition coefficient (Wildman–Crippen LogP) is 4.19.